The number of rotatable bonds is 4. The average Bonchev–Trinajstić information content (AvgIpc) is 2.87. The van der Waals surface area contributed by atoms with Gasteiger partial charge in [-0.25, -0.2) is 0 Å². The molecule has 4 heteroatoms. The summed E-state index contributed by atoms with van der Waals surface area (Å²) in [4.78, 5) is 13.7. The van der Waals surface area contributed by atoms with Gasteiger partial charge >= 0.3 is 0 Å². The molecule has 0 saturated carbocycles. The molecule has 18 heavy (non-hydrogen) atoms. The fraction of sp³-hybridized carbons (Fsp3) is 0.214. The van der Waals surface area contributed by atoms with Gasteiger partial charge in [-0.05, 0) is 30.8 Å². The van der Waals surface area contributed by atoms with Crippen molar-refractivity contribution in [1.82, 2.24) is 0 Å². The number of nitrogens with two attached hydrogens (primary N) is 1. The van der Waals surface area contributed by atoms with Crippen molar-refractivity contribution in [3.63, 3.8) is 0 Å². The first-order valence-corrected chi connectivity index (χ1v) is 5.84. The Balaban J connectivity index is 2.15. The third-order valence-corrected chi connectivity index (χ3v) is 2.71. The van der Waals surface area contributed by atoms with Crippen LogP contribution in [0.1, 0.15) is 16.3 Å². The van der Waals surface area contributed by atoms with Crippen molar-refractivity contribution in [3.8, 4) is 0 Å². The van der Waals surface area contributed by atoms with Gasteiger partial charge in [0.2, 0.25) is 0 Å². The lowest BCUT2D eigenvalue weighted by molar-refractivity contribution is 0.0965. The number of furan rings is 1. The molecule has 1 amide bonds. The molecular formula is C14H16N2O2. The minimum absolute atomic E-state index is 0.163. The van der Waals surface area contributed by atoms with E-state index < -0.39 is 0 Å². The lowest BCUT2D eigenvalue weighted by Gasteiger charge is -2.15. The minimum atomic E-state index is -0.163. The average molecular weight is 244 g/mol. The Bertz CT molecular complexity index is 520. The van der Waals surface area contributed by atoms with Crippen LogP contribution in [0.3, 0.4) is 0 Å². The summed E-state index contributed by atoms with van der Waals surface area (Å²) in [5, 5.41) is 0. The standard InChI is InChI=1S/C14H16N2O2/c1-16(11-5-3-2-4-6-11)14(17)13-8-7-12(18-13)9-10-15/h2-8H,9-10,15H2,1H3. The maximum absolute atomic E-state index is 12.2. The number of hydrogen-bond donors (Lipinski definition) is 1. The highest BCUT2D eigenvalue weighted by molar-refractivity contribution is 6.03. The fourth-order valence-corrected chi connectivity index (χ4v) is 1.70. The summed E-state index contributed by atoms with van der Waals surface area (Å²) in [6.45, 7) is 0.510. The smallest absolute Gasteiger partial charge is 0.293 e. The van der Waals surface area contributed by atoms with E-state index in [0.717, 1.165) is 11.4 Å². The topological polar surface area (TPSA) is 59.5 Å². The van der Waals surface area contributed by atoms with Crippen LogP contribution < -0.4 is 10.6 Å². The van der Waals surface area contributed by atoms with E-state index in [2.05, 4.69) is 0 Å². The molecule has 0 radical (unpaired) electrons. The number of para-hydroxylation sites is 1. The third-order valence-electron chi connectivity index (χ3n) is 2.71. The second-order valence-corrected chi connectivity index (χ2v) is 4.00. The van der Waals surface area contributed by atoms with E-state index in [4.69, 9.17) is 10.2 Å². The Morgan fingerprint density at radius 1 is 1.22 bits per heavy atom. The van der Waals surface area contributed by atoms with Crippen molar-refractivity contribution in [3.05, 3.63) is 54.0 Å². The van der Waals surface area contributed by atoms with Gasteiger partial charge in [0.1, 0.15) is 5.76 Å². The second kappa shape index (κ2) is 5.51. The van der Waals surface area contributed by atoms with Gasteiger partial charge in [-0.2, -0.15) is 0 Å². The van der Waals surface area contributed by atoms with E-state index in [9.17, 15) is 4.79 Å². The molecule has 0 fully saturated rings. The zero-order chi connectivity index (χ0) is 13.0. The van der Waals surface area contributed by atoms with E-state index in [0.29, 0.717) is 18.7 Å². The van der Waals surface area contributed by atoms with Gasteiger partial charge in [-0.3, -0.25) is 4.79 Å². The zero-order valence-corrected chi connectivity index (χ0v) is 10.3. The molecule has 1 aromatic heterocycles. The number of amides is 1. The molecule has 1 aromatic carbocycles. The van der Waals surface area contributed by atoms with Gasteiger partial charge in [0.15, 0.2) is 5.76 Å². The van der Waals surface area contributed by atoms with Gasteiger partial charge in [-0.15, -0.1) is 0 Å². The van der Waals surface area contributed by atoms with Crippen molar-refractivity contribution >= 4 is 11.6 Å². The summed E-state index contributed by atoms with van der Waals surface area (Å²) in [7, 11) is 1.72. The molecule has 0 spiro atoms. The first-order valence-electron chi connectivity index (χ1n) is 5.84. The van der Waals surface area contributed by atoms with E-state index in [1.165, 1.54) is 0 Å². The molecular weight excluding hydrogens is 228 g/mol. The van der Waals surface area contributed by atoms with Gasteiger partial charge < -0.3 is 15.1 Å². The van der Waals surface area contributed by atoms with Crippen LogP contribution in [0.25, 0.3) is 0 Å². The van der Waals surface area contributed by atoms with E-state index in [-0.39, 0.29) is 5.91 Å². The molecule has 0 atom stereocenters. The maximum Gasteiger partial charge on any atom is 0.293 e. The third kappa shape index (κ3) is 2.60. The Kier molecular flexibility index (Phi) is 3.79. The molecule has 2 aromatic rings. The molecule has 0 aliphatic carbocycles. The molecule has 0 aliphatic rings. The van der Waals surface area contributed by atoms with Crippen LogP contribution >= 0.6 is 0 Å². The maximum atomic E-state index is 12.2. The normalized spacial score (nSPS) is 10.3. The summed E-state index contributed by atoms with van der Waals surface area (Å²) in [6, 6.07) is 12.9. The fourth-order valence-electron chi connectivity index (χ4n) is 1.70. The number of carbonyl (C=O) groups is 1. The summed E-state index contributed by atoms with van der Waals surface area (Å²) in [6.07, 6.45) is 0.641. The van der Waals surface area contributed by atoms with Crippen molar-refractivity contribution in [2.24, 2.45) is 5.73 Å². The Labute approximate surface area is 106 Å². The van der Waals surface area contributed by atoms with Crippen molar-refractivity contribution in [2.75, 3.05) is 18.5 Å². The molecule has 1 heterocycles. The molecule has 0 unspecified atom stereocenters. The predicted molar refractivity (Wildman–Crippen MR) is 70.6 cm³/mol. The highest BCUT2D eigenvalue weighted by atomic mass is 16.4. The summed E-state index contributed by atoms with van der Waals surface area (Å²) in [5.41, 5.74) is 6.27. The van der Waals surface area contributed by atoms with Crippen LogP contribution in [0.5, 0.6) is 0 Å². The van der Waals surface area contributed by atoms with Gasteiger partial charge in [0, 0.05) is 19.2 Å². The minimum Gasteiger partial charge on any atom is -0.456 e. The highest BCUT2D eigenvalue weighted by Crippen LogP contribution is 2.16. The number of nitrogens with zero attached hydrogens (tertiary/aromatic N) is 1. The first kappa shape index (κ1) is 12.4. The molecule has 4 nitrogen and oxygen atoms in total. The van der Waals surface area contributed by atoms with Crippen molar-refractivity contribution in [2.45, 2.75) is 6.42 Å². The van der Waals surface area contributed by atoms with E-state index in [1.807, 2.05) is 30.3 Å². The number of benzene rings is 1. The molecule has 2 N–H and O–H groups in total. The molecule has 2 rings (SSSR count). The molecule has 0 aliphatic heterocycles. The van der Waals surface area contributed by atoms with Crippen LogP contribution in [-0.4, -0.2) is 19.5 Å². The zero-order valence-electron chi connectivity index (χ0n) is 10.3. The Hall–Kier alpha value is -2.07. The summed E-state index contributed by atoms with van der Waals surface area (Å²) < 4.78 is 5.46. The van der Waals surface area contributed by atoms with Crippen LogP contribution in [0.2, 0.25) is 0 Å². The van der Waals surface area contributed by atoms with Gasteiger partial charge in [0.05, 0.1) is 0 Å². The summed E-state index contributed by atoms with van der Waals surface area (Å²) >= 11 is 0. The summed E-state index contributed by atoms with van der Waals surface area (Å²) in [5.74, 6) is 0.914. The van der Waals surface area contributed by atoms with Gasteiger partial charge in [0.25, 0.3) is 5.91 Å². The monoisotopic (exact) mass is 244 g/mol. The highest BCUT2D eigenvalue weighted by Gasteiger charge is 2.16. The van der Waals surface area contributed by atoms with E-state index in [1.54, 1.807) is 24.1 Å². The van der Waals surface area contributed by atoms with Crippen LogP contribution in [0.4, 0.5) is 5.69 Å². The van der Waals surface area contributed by atoms with Crippen LogP contribution in [0.15, 0.2) is 46.9 Å². The molecule has 0 bridgehead atoms. The molecule has 94 valence electrons. The number of carbonyl (C=O) groups excluding carboxylic acids is 1. The Morgan fingerprint density at radius 3 is 2.61 bits per heavy atom. The lowest BCUT2D eigenvalue weighted by Crippen LogP contribution is -2.25. The van der Waals surface area contributed by atoms with Crippen LogP contribution in [-0.2, 0) is 6.42 Å². The van der Waals surface area contributed by atoms with Gasteiger partial charge in [-0.1, -0.05) is 18.2 Å². The number of hydrogen-bond acceptors (Lipinski definition) is 3. The largest absolute Gasteiger partial charge is 0.456 e. The predicted octanol–water partition coefficient (Wildman–Crippen LogP) is 2.06. The molecule has 0 saturated heterocycles. The van der Waals surface area contributed by atoms with Crippen LogP contribution in [0, 0.1) is 0 Å². The quantitative estimate of drug-likeness (QED) is 0.895. The number of anilines is 1. The lowest BCUT2D eigenvalue weighted by atomic mass is 10.3. The van der Waals surface area contributed by atoms with Crippen molar-refractivity contribution in [1.29, 1.82) is 0 Å². The SMILES string of the molecule is CN(C(=O)c1ccc(CCN)o1)c1ccccc1. The first-order chi connectivity index (χ1) is 8.72. The van der Waals surface area contributed by atoms with E-state index >= 15 is 0 Å². The Morgan fingerprint density at radius 2 is 1.94 bits per heavy atom. The van der Waals surface area contributed by atoms with Crippen molar-refractivity contribution < 1.29 is 9.21 Å². The second-order valence-electron chi connectivity index (χ2n) is 4.00.